The van der Waals surface area contributed by atoms with E-state index in [4.69, 9.17) is 15.6 Å². The first-order chi connectivity index (χ1) is 16.2. The second kappa shape index (κ2) is 16.8. The minimum Gasteiger partial charge on any atom is -0.477 e. The largest absolute Gasteiger partial charge is 0.477 e. The number of hydrogen-bond donors (Lipinski definition) is 7. The minimum atomic E-state index is -2.74. The summed E-state index contributed by atoms with van der Waals surface area (Å²) in [6, 6.07) is -1.23. The van der Waals surface area contributed by atoms with Crippen LogP contribution in [0.4, 0.5) is 0 Å². The number of aliphatic carboxylic acids is 1. The molecule has 1 saturated heterocycles. The average molecular weight is 492 g/mol. The van der Waals surface area contributed by atoms with E-state index in [0.717, 1.165) is 19.3 Å². The van der Waals surface area contributed by atoms with Crippen LogP contribution >= 0.6 is 0 Å². The Kier molecular flexibility index (Phi) is 15.4. The van der Waals surface area contributed by atoms with Crippen molar-refractivity contribution in [2.75, 3.05) is 6.61 Å². The van der Waals surface area contributed by atoms with Crippen molar-refractivity contribution < 1.29 is 40.2 Å². The van der Waals surface area contributed by atoms with Crippen LogP contribution in [0.5, 0.6) is 0 Å². The van der Waals surface area contributed by atoms with Crippen LogP contribution in [0.15, 0.2) is 0 Å². The van der Waals surface area contributed by atoms with E-state index in [-0.39, 0.29) is 6.42 Å². The van der Waals surface area contributed by atoms with Crippen LogP contribution in [0.3, 0.4) is 0 Å². The van der Waals surface area contributed by atoms with Gasteiger partial charge in [-0.2, -0.15) is 0 Å². The Balaban J connectivity index is 2.33. The number of ether oxygens (including phenoxy) is 1. The van der Waals surface area contributed by atoms with Gasteiger partial charge < -0.3 is 41.1 Å². The molecule has 0 amide bonds. The molecule has 2 unspecified atom stereocenters. The molecule has 0 aromatic heterocycles. The summed E-state index contributed by atoms with van der Waals surface area (Å²) < 4.78 is 5.23. The van der Waals surface area contributed by atoms with Gasteiger partial charge in [0.05, 0.1) is 24.7 Å². The van der Waals surface area contributed by atoms with Crippen molar-refractivity contribution in [2.45, 2.75) is 139 Å². The summed E-state index contributed by atoms with van der Waals surface area (Å²) in [5.41, 5.74) is 5.95. The second-order valence-corrected chi connectivity index (χ2v) is 9.88. The lowest BCUT2D eigenvalue weighted by Crippen LogP contribution is -2.70. The first-order valence-corrected chi connectivity index (χ1v) is 13.2. The molecule has 34 heavy (non-hydrogen) atoms. The van der Waals surface area contributed by atoms with E-state index in [1.165, 1.54) is 64.2 Å². The van der Waals surface area contributed by atoms with Crippen LogP contribution in [-0.4, -0.2) is 79.5 Å². The van der Waals surface area contributed by atoms with E-state index in [1.807, 2.05) is 0 Å². The zero-order chi connectivity index (χ0) is 25.6. The maximum absolute atomic E-state index is 11.8. The van der Waals surface area contributed by atoms with Crippen LogP contribution < -0.4 is 5.73 Å². The molecule has 1 aliphatic rings. The summed E-state index contributed by atoms with van der Waals surface area (Å²) >= 11 is 0. The lowest BCUT2D eigenvalue weighted by Gasteiger charge is -2.48. The highest BCUT2D eigenvalue weighted by Gasteiger charge is 2.58. The van der Waals surface area contributed by atoms with E-state index >= 15 is 0 Å². The fourth-order valence-electron chi connectivity index (χ4n) is 4.83. The van der Waals surface area contributed by atoms with Crippen LogP contribution in [0, 0.1) is 5.92 Å². The Bertz CT molecular complexity index is 551. The van der Waals surface area contributed by atoms with Gasteiger partial charge in [-0.1, -0.05) is 96.8 Å². The maximum Gasteiger partial charge on any atom is 0.364 e. The van der Waals surface area contributed by atoms with Crippen molar-refractivity contribution >= 4 is 5.97 Å². The Hall–Kier alpha value is -0.810. The quantitative estimate of drug-likeness (QED) is 0.133. The minimum absolute atomic E-state index is 0.196. The third-order valence-corrected chi connectivity index (χ3v) is 7.10. The van der Waals surface area contributed by atoms with E-state index in [2.05, 4.69) is 6.92 Å². The smallest absolute Gasteiger partial charge is 0.364 e. The lowest BCUT2D eigenvalue weighted by molar-refractivity contribution is -0.319. The number of hydrogen-bond acceptors (Lipinski definition) is 8. The second-order valence-electron chi connectivity index (χ2n) is 9.88. The van der Waals surface area contributed by atoms with Crippen molar-refractivity contribution in [3.05, 3.63) is 0 Å². The summed E-state index contributed by atoms with van der Waals surface area (Å²) in [7, 11) is 0. The van der Waals surface area contributed by atoms with Gasteiger partial charge in [0.1, 0.15) is 18.3 Å². The van der Waals surface area contributed by atoms with E-state index in [0.29, 0.717) is 6.42 Å². The van der Waals surface area contributed by atoms with Crippen molar-refractivity contribution in [3.8, 4) is 0 Å². The molecule has 202 valence electrons. The molecule has 0 spiro atoms. The number of carbonyl (C=O) groups is 1. The van der Waals surface area contributed by atoms with Gasteiger partial charge in [-0.25, -0.2) is 4.79 Å². The highest BCUT2D eigenvalue weighted by atomic mass is 16.7. The molecule has 0 aromatic rings. The molecule has 0 radical (unpaired) electrons. The highest BCUT2D eigenvalue weighted by Crippen LogP contribution is 2.37. The highest BCUT2D eigenvalue weighted by molar-refractivity contribution is 5.76. The summed E-state index contributed by atoms with van der Waals surface area (Å²) in [5.74, 6) is -5.61. The van der Waals surface area contributed by atoms with E-state index in [9.17, 15) is 30.3 Å². The van der Waals surface area contributed by atoms with Gasteiger partial charge in [0, 0.05) is 0 Å². The van der Waals surface area contributed by atoms with Crippen molar-refractivity contribution in [1.82, 2.24) is 0 Å². The summed E-state index contributed by atoms with van der Waals surface area (Å²) in [6.45, 7) is 1.42. The fourth-order valence-corrected chi connectivity index (χ4v) is 4.83. The molecule has 0 bridgehead atoms. The molecule has 9 heteroatoms. The average Bonchev–Trinajstić information content (AvgIpc) is 2.82. The Morgan fingerprint density at radius 3 is 1.76 bits per heavy atom. The summed E-state index contributed by atoms with van der Waals surface area (Å²) in [6.07, 6.45) is 10.2. The van der Waals surface area contributed by atoms with Crippen molar-refractivity contribution in [2.24, 2.45) is 11.7 Å². The molecule has 0 aliphatic carbocycles. The van der Waals surface area contributed by atoms with Crippen LogP contribution in [0.2, 0.25) is 0 Å². The van der Waals surface area contributed by atoms with Crippen molar-refractivity contribution in [1.29, 1.82) is 0 Å². The molecule has 9 nitrogen and oxygen atoms in total. The van der Waals surface area contributed by atoms with E-state index < -0.39 is 54.7 Å². The summed E-state index contributed by atoms with van der Waals surface area (Å²) in [5, 5.41) is 59.7. The van der Waals surface area contributed by atoms with Gasteiger partial charge in [-0.05, 0) is 6.42 Å². The molecule has 1 aliphatic heterocycles. The Morgan fingerprint density at radius 1 is 0.912 bits per heavy atom. The SMILES string of the molecule is CCCCCCCCCCCCCCCCC1[C@H](O)[C@@H](N)[C@H]([C@H](O)[C@H](O)CO)OC1(O)C(=O)O. The zero-order valence-electron chi connectivity index (χ0n) is 20.9. The van der Waals surface area contributed by atoms with Gasteiger partial charge in [0.2, 0.25) is 0 Å². The predicted octanol–water partition coefficient (Wildman–Crippen LogP) is 2.05. The first-order valence-electron chi connectivity index (χ1n) is 13.2. The number of carboxylic acids is 1. The Labute approximate surface area is 204 Å². The summed E-state index contributed by atoms with van der Waals surface area (Å²) in [4.78, 5) is 11.8. The van der Waals surface area contributed by atoms with Crippen molar-refractivity contribution in [3.63, 3.8) is 0 Å². The van der Waals surface area contributed by atoms with Gasteiger partial charge in [0.25, 0.3) is 5.79 Å². The third kappa shape index (κ3) is 9.68. The normalized spacial score (nSPS) is 29.1. The first kappa shape index (κ1) is 31.2. The molecule has 0 aromatic carbocycles. The zero-order valence-corrected chi connectivity index (χ0v) is 20.9. The number of nitrogens with two attached hydrogens (primary N) is 1. The lowest BCUT2D eigenvalue weighted by atomic mass is 9.78. The van der Waals surface area contributed by atoms with Crippen LogP contribution in [-0.2, 0) is 9.53 Å². The standard InChI is InChI=1S/C25H49NO8/c1-2-3-4-5-6-7-8-9-10-11-12-13-14-15-16-18-21(29)20(26)23(22(30)19(28)17-27)34-25(18,33)24(31)32/h18-23,27-30,33H,2-17,26H2,1H3,(H,31,32)/t18?,19-,20-,21+,22-,23-,25?/m1/s1. The topological polar surface area (TPSA) is 174 Å². The molecular formula is C25H49NO8. The number of carboxylic acid groups (broad SMARTS) is 1. The number of rotatable bonds is 19. The molecule has 8 N–H and O–H groups in total. The number of aliphatic hydroxyl groups excluding tert-OH is 4. The van der Waals surface area contributed by atoms with Gasteiger partial charge in [0.15, 0.2) is 0 Å². The number of unbranched alkanes of at least 4 members (excludes halogenated alkanes) is 13. The molecule has 1 heterocycles. The van der Waals surface area contributed by atoms with Gasteiger partial charge in [-0.15, -0.1) is 0 Å². The van der Waals surface area contributed by atoms with Crippen LogP contribution in [0.25, 0.3) is 0 Å². The molecule has 1 fully saturated rings. The monoisotopic (exact) mass is 491 g/mol. The van der Waals surface area contributed by atoms with E-state index in [1.54, 1.807) is 0 Å². The maximum atomic E-state index is 11.8. The predicted molar refractivity (Wildman–Crippen MR) is 129 cm³/mol. The fraction of sp³-hybridized carbons (Fsp3) is 0.960. The molecule has 0 saturated carbocycles. The van der Waals surface area contributed by atoms with Gasteiger partial charge >= 0.3 is 5.97 Å². The molecule has 7 atom stereocenters. The number of aliphatic hydroxyl groups is 5. The third-order valence-electron chi connectivity index (χ3n) is 7.10. The molecular weight excluding hydrogens is 442 g/mol. The van der Waals surface area contributed by atoms with Crippen LogP contribution in [0.1, 0.15) is 103 Å². The molecule has 1 rings (SSSR count). The van der Waals surface area contributed by atoms with Gasteiger partial charge in [-0.3, -0.25) is 0 Å². The Morgan fingerprint density at radius 2 is 1.35 bits per heavy atom.